The molecule has 0 heterocycles. The van der Waals surface area contributed by atoms with Gasteiger partial charge in [0.25, 0.3) is 0 Å². The molecular weight excluding hydrogens is 759 g/mol. The molecular formula is C62H43N. The lowest BCUT2D eigenvalue weighted by Crippen LogP contribution is -2.09. The maximum Gasteiger partial charge on any atom is 0.0462 e. The number of hydrogen-bond acceptors (Lipinski definition) is 1. The number of fused-ring (bicyclic) bond motifs is 3. The lowest BCUT2D eigenvalue weighted by molar-refractivity contribution is 1.28. The second kappa shape index (κ2) is 16.7. The fraction of sp³-hybridized carbons (Fsp3) is 0. The highest BCUT2D eigenvalue weighted by atomic mass is 15.1. The summed E-state index contributed by atoms with van der Waals surface area (Å²) in [5.41, 5.74) is 17.9. The van der Waals surface area contributed by atoms with Crippen LogP contribution in [0.15, 0.2) is 261 Å². The van der Waals surface area contributed by atoms with E-state index in [2.05, 4.69) is 266 Å². The van der Waals surface area contributed by atoms with Crippen LogP contribution in [-0.4, -0.2) is 0 Å². The summed E-state index contributed by atoms with van der Waals surface area (Å²) in [5.74, 6) is 0. The van der Waals surface area contributed by atoms with E-state index in [0.29, 0.717) is 0 Å². The molecule has 0 aromatic heterocycles. The Labute approximate surface area is 369 Å². The summed E-state index contributed by atoms with van der Waals surface area (Å²) >= 11 is 0. The van der Waals surface area contributed by atoms with Crippen molar-refractivity contribution in [2.75, 3.05) is 4.90 Å². The van der Waals surface area contributed by atoms with Crippen LogP contribution < -0.4 is 4.90 Å². The molecule has 0 saturated heterocycles. The zero-order valence-electron chi connectivity index (χ0n) is 34.8. The van der Waals surface area contributed by atoms with E-state index < -0.39 is 0 Å². The molecule has 0 bridgehead atoms. The predicted molar refractivity (Wildman–Crippen MR) is 269 cm³/mol. The van der Waals surface area contributed by atoms with Gasteiger partial charge in [0.2, 0.25) is 0 Å². The van der Waals surface area contributed by atoms with Crippen molar-refractivity contribution in [3.8, 4) is 66.8 Å². The van der Waals surface area contributed by atoms with Crippen LogP contribution in [0.1, 0.15) is 0 Å². The predicted octanol–water partition coefficient (Wildman–Crippen LogP) is 17.5. The van der Waals surface area contributed by atoms with Crippen molar-refractivity contribution in [2.24, 2.45) is 0 Å². The van der Waals surface area contributed by atoms with Crippen molar-refractivity contribution in [3.05, 3.63) is 261 Å². The Morgan fingerprint density at radius 3 is 1.08 bits per heavy atom. The van der Waals surface area contributed by atoms with E-state index in [9.17, 15) is 0 Å². The molecule has 11 rings (SSSR count). The van der Waals surface area contributed by atoms with E-state index in [4.69, 9.17) is 0 Å². The number of hydrogen-bond donors (Lipinski definition) is 0. The van der Waals surface area contributed by atoms with Gasteiger partial charge in [0.05, 0.1) is 0 Å². The first-order valence-corrected chi connectivity index (χ1v) is 21.7. The van der Waals surface area contributed by atoms with Gasteiger partial charge in [0.1, 0.15) is 0 Å². The highest BCUT2D eigenvalue weighted by molar-refractivity contribution is 6.22. The van der Waals surface area contributed by atoms with Crippen LogP contribution in [0.4, 0.5) is 17.1 Å². The third kappa shape index (κ3) is 7.16. The molecule has 1 heteroatoms. The fourth-order valence-corrected chi connectivity index (χ4v) is 9.36. The van der Waals surface area contributed by atoms with Crippen molar-refractivity contribution in [2.45, 2.75) is 0 Å². The molecule has 0 aliphatic carbocycles. The van der Waals surface area contributed by atoms with E-state index >= 15 is 0 Å². The number of para-hydroxylation sites is 1. The Kier molecular flexibility index (Phi) is 9.97. The van der Waals surface area contributed by atoms with Gasteiger partial charge in [0, 0.05) is 17.1 Å². The third-order valence-electron chi connectivity index (χ3n) is 12.3. The molecule has 296 valence electrons. The Morgan fingerprint density at radius 2 is 0.556 bits per heavy atom. The summed E-state index contributed by atoms with van der Waals surface area (Å²) in [4.78, 5) is 2.34. The van der Waals surface area contributed by atoms with E-state index in [1.807, 2.05) is 0 Å². The van der Waals surface area contributed by atoms with Gasteiger partial charge in [-0.2, -0.15) is 0 Å². The van der Waals surface area contributed by atoms with Crippen LogP contribution in [0.3, 0.4) is 0 Å². The average Bonchev–Trinajstić information content (AvgIpc) is 3.37. The molecule has 0 aliphatic heterocycles. The minimum atomic E-state index is 1.10. The van der Waals surface area contributed by atoms with Crippen molar-refractivity contribution in [1.82, 2.24) is 0 Å². The van der Waals surface area contributed by atoms with Gasteiger partial charge < -0.3 is 4.90 Å². The van der Waals surface area contributed by atoms with Gasteiger partial charge in [-0.15, -0.1) is 0 Å². The summed E-state index contributed by atoms with van der Waals surface area (Å²) in [7, 11) is 0. The lowest BCUT2D eigenvalue weighted by atomic mass is 9.84. The second-order valence-corrected chi connectivity index (χ2v) is 16.0. The minimum Gasteiger partial charge on any atom is -0.311 e. The average molecular weight is 802 g/mol. The number of anilines is 3. The summed E-state index contributed by atoms with van der Waals surface area (Å²) in [6, 6.07) is 94.4. The highest BCUT2D eigenvalue weighted by Crippen LogP contribution is 2.46. The number of nitrogens with zero attached hydrogens (tertiary/aromatic N) is 1. The first-order valence-electron chi connectivity index (χ1n) is 21.7. The first kappa shape index (κ1) is 37.7. The van der Waals surface area contributed by atoms with Gasteiger partial charge >= 0.3 is 0 Å². The van der Waals surface area contributed by atoms with Crippen molar-refractivity contribution < 1.29 is 0 Å². The minimum absolute atomic E-state index is 1.10. The molecule has 0 aliphatic rings. The molecule has 0 amide bonds. The standard InChI is InChI=1S/C62H43N/c1-6-19-45(20-7-1)54-31-18-32-55(60(54)47-21-8-2-9-22-47)46-35-40-53(41-36-46)63(51-27-14-5-15-28-51)52-38-33-44(34-39-52)50-37-42-58-59(43-50)56-29-16-17-30-57(56)61(48-23-10-3-11-24-48)62(58)49-25-12-4-13-26-49/h1-43H. The fourth-order valence-electron chi connectivity index (χ4n) is 9.36. The number of benzene rings is 11. The quantitative estimate of drug-likeness (QED) is 0.131. The van der Waals surface area contributed by atoms with E-state index in [-0.39, 0.29) is 0 Å². The summed E-state index contributed by atoms with van der Waals surface area (Å²) in [6.07, 6.45) is 0. The van der Waals surface area contributed by atoms with Gasteiger partial charge in [-0.3, -0.25) is 0 Å². The summed E-state index contributed by atoms with van der Waals surface area (Å²) < 4.78 is 0. The van der Waals surface area contributed by atoms with E-state index in [1.165, 1.54) is 88.3 Å². The molecule has 0 unspecified atom stereocenters. The van der Waals surface area contributed by atoms with Crippen molar-refractivity contribution >= 4 is 38.6 Å². The Morgan fingerprint density at radius 1 is 0.190 bits per heavy atom. The smallest absolute Gasteiger partial charge is 0.0462 e. The Bertz CT molecular complexity index is 3320. The molecule has 0 fully saturated rings. The summed E-state index contributed by atoms with van der Waals surface area (Å²) in [6.45, 7) is 0. The Balaban J connectivity index is 0.989. The maximum absolute atomic E-state index is 2.39. The molecule has 63 heavy (non-hydrogen) atoms. The van der Waals surface area contributed by atoms with Gasteiger partial charge in [-0.05, 0) is 131 Å². The largest absolute Gasteiger partial charge is 0.311 e. The number of rotatable bonds is 9. The normalized spacial score (nSPS) is 11.2. The van der Waals surface area contributed by atoms with Gasteiger partial charge in [-0.1, -0.05) is 218 Å². The monoisotopic (exact) mass is 801 g/mol. The van der Waals surface area contributed by atoms with Crippen LogP contribution in [0.2, 0.25) is 0 Å². The first-order chi connectivity index (χ1) is 31.3. The topological polar surface area (TPSA) is 3.24 Å². The Hall–Kier alpha value is -8.26. The van der Waals surface area contributed by atoms with E-state index in [0.717, 1.165) is 17.1 Å². The molecule has 1 nitrogen and oxygen atoms in total. The summed E-state index contributed by atoms with van der Waals surface area (Å²) in [5, 5.41) is 5.01. The van der Waals surface area contributed by atoms with Crippen LogP contribution in [0.5, 0.6) is 0 Å². The van der Waals surface area contributed by atoms with Gasteiger partial charge in [0.15, 0.2) is 0 Å². The molecule has 0 spiro atoms. The molecule has 11 aromatic carbocycles. The van der Waals surface area contributed by atoms with Crippen LogP contribution in [0.25, 0.3) is 88.3 Å². The second-order valence-electron chi connectivity index (χ2n) is 16.0. The van der Waals surface area contributed by atoms with Crippen LogP contribution in [0, 0.1) is 0 Å². The van der Waals surface area contributed by atoms with Crippen LogP contribution in [-0.2, 0) is 0 Å². The van der Waals surface area contributed by atoms with Crippen LogP contribution >= 0.6 is 0 Å². The van der Waals surface area contributed by atoms with Crippen molar-refractivity contribution in [1.29, 1.82) is 0 Å². The molecule has 0 atom stereocenters. The zero-order chi connectivity index (χ0) is 42.0. The maximum atomic E-state index is 2.39. The van der Waals surface area contributed by atoms with Crippen molar-refractivity contribution in [3.63, 3.8) is 0 Å². The molecule has 0 radical (unpaired) electrons. The zero-order valence-corrected chi connectivity index (χ0v) is 34.8. The SMILES string of the molecule is c1ccc(-c2cccc(-c3ccc(N(c4ccccc4)c4ccc(-c5ccc6c(-c7ccccc7)c(-c7ccccc7)c7ccccc7c6c5)cc4)cc3)c2-c2ccccc2)cc1. The molecule has 0 saturated carbocycles. The third-order valence-corrected chi connectivity index (χ3v) is 12.3. The highest BCUT2D eigenvalue weighted by Gasteiger charge is 2.20. The van der Waals surface area contributed by atoms with Gasteiger partial charge in [-0.25, -0.2) is 0 Å². The van der Waals surface area contributed by atoms with E-state index in [1.54, 1.807) is 0 Å². The lowest BCUT2D eigenvalue weighted by Gasteiger charge is -2.26. The molecule has 0 N–H and O–H groups in total. The molecule has 11 aromatic rings.